The number of carboxylic acid groups (broad SMARTS) is 1. The number of rotatable bonds is 2. The first kappa shape index (κ1) is 9.34. The SMILES string of the molecule is Nc1ccc(C(=O)O)c(CO)c1N. The van der Waals surface area contributed by atoms with Crippen LogP contribution in [0.15, 0.2) is 12.1 Å². The van der Waals surface area contributed by atoms with Gasteiger partial charge in [-0.05, 0) is 12.1 Å². The average molecular weight is 182 g/mol. The van der Waals surface area contributed by atoms with Crippen LogP contribution in [0, 0.1) is 0 Å². The molecular formula is C8H10N2O3. The van der Waals surface area contributed by atoms with Gasteiger partial charge in [0.2, 0.25) is 0 Å². The summed E-state index contributed by atoms with van der Waals surface area (Å²) in [7, 11) is 0. The van der Waals surface area contributed by atoms with Crippen LogP contribution in [0.4, 0.5) is 11.4 Å². The molecule has 0 bridgehead atoms. The van der Waals surface area contributed by atoms with Gasteiger partial charge in [-0.15, -0.1) is 0 Å². The number of nitrogens with two attached hydrogens (primary N) is 2. The highest BCUT2D eigenvalue weighted by molar-refractivity contribution is 5.92. The lowest BCUT2D eigenvalue weighted by atomic mass is 10.1. The molecule has 70 valence electrons. The van der Waals surface area contributed by atoms with Gasteiger partial charge >= 0.3 is 5.97 Å². The molecule has 6 N–H and O–H groups in total. The maximum Gasteiger partial charge on any atom is 0.336 e. The van der Waals surface area contributed by atoms with Crippen LogP contribution in [0.25, 0.3) is 0 Å². The standard InChI is InChI=1S/C8H10N2O3/c9-6-2-1-4(8(12)13)5(3-11)7(6)10/h1-2,11H,3,9-10H2,(H,12,13). The van der Waals surface area contributed by atoms with Crippen LogP contribution >= 0.6 is 0 Å². The zero-order valence-corrected chi connectivity index (χ0v) is 6.82. The predicted molar refractivity (Wildman–Crippen MR) is 48.1 cm³/mol. The molecule has 0 saturated heterocycles. The number of carbonyl (C=O) groups is 1. The van der Waals surface area contributed by atoms with Crippen LogP contribution in [0.3, 0.4) is 0 Å². The number of anilines is 2. The van der Waals surface area contributed by atoms with Gasteiger partial charge in [0.05, 0.1) is 23.5 Å². The highest BCUT2D eigenvalue weighted by Crippen LogP contribution is 2.23. The fourth-order valence-corrected chi connectivity index (χ4v) is 1.05. The first-order chi connectivity index (χ1) is 6.07. The zero-order chi connectivity index (χ0) is 10.0. The van der Waals surface area contributed by atoms with Crippen molar-refractivity contribution in [3.8, 4) is 0 Å². The van der Waals surface area contributed by atoms with Crippen molar-refractivity contribution in [2.45, 2.75) is 6.61 Å². The van der Waals surface area contributed by atoms with E-state index in [9.17, 15) is 4.79 Å². The third kappa shape index (κ3) is 1.54. The quantitative estimate of drug-likeness (QED) is 0.483. The van der Waals surface area contributed by atoms with Gasteiger partial charge in [0.25, 0.3) is 0 Å². The molecule has 1 aromatic rings. The second-order valence-electron chi connectivity index (χ2n) is 2.56. The second-order valence-corrected chi connectivity index (χ2v) is 2.56. The van der Waals surface area contributed by atoms with E-state index in [0.29, 0.717) is 0 Å². The van der Waals surface area contributed by atoms with E-state index in [1.807, 2.05) is 0 Å². The Hall–Kier alpha value is -1.75. The van der Waals surface area contributed by atoms with Crippen molar-refractivity contribution in [1.82, 2.24) is 0 Å². The highest BCUT2D eigenvalue weighted by Gasteiger charge is 2.13. The number of hydrogen-bond acceptors (Lipinski definition) is 4. The van der Waals surface area contributed by atoms with E-state index in [2.05, 4.69) is 0 Å². The fourth-order valence-electron chi connectivity index (χ4n) is 1.05. The Morgan fingerprint density at radius 3 is 2.46 bits per heavy atom. The first-order valence-corrected chi connectivity index (χ1v) is 3.59. The Morgan fingerprint density at radius 1 is 1.38 bits per heavy atom. The van der Waals surface area contributed by atoms with Gasteiger partial charge in [-0.2, -0.15) is 0 Å². The minimum atomic E-state index is -1.13. The van der Waals surface area contributed by atoms with Crippen molar-refractivity contribution >= 4 is 17.3 Å². The van der Waals surface area contributed by atoms with Crippen LogP contribution in [-0.2, 0) is 6.61 Å². The number of nitrogen functional groups attached to an aromatic ring is 2. The van der Waals surface area contributed by atoms with Gasteiger partial charge in [0.15, 0.2) is 0 Å². The number of carboxylic acids is 1. The van der Waals surface area contributed by atoms with Gasteiger partial charge in [0.1, 0.15) is 0 Å². The highest BCUT2D eigenvalue weighted by atomic mass is 16.4. The number of aromatic carboxylic acids is 1. The second kappa shape index (κ2) is 3.32. The normalized spacial score (nSPS) is 9.92. The zero-order valence-electron chi connectivity index (χ0n) is 6.82. The maximum atomic E-state index is 10.6. The molecule has 5 nitrogen and oxygen atoms in total. The summed E-state index contributed by atoms with van der Waals surface area (Å²) >= 11 is 0. The van der Waals surface area contributed by atoms with Gasteiger partial charge in [-0.3, -0.25) is 0 Å². The van der Waals surface area contributed by atoms with Crippen molar-refractivity contribution < 1.29 is 15.0 Å². The lowest BCUT2D eigenvalue weighted by molar-refractivity contribution is 0.0693. The number of benzene rings is 1. The molecule has 0 amide bonds. The largest absolute Gasteiger partial charge is 0.478 e. The molecule has 13 heavy (non-hydrogen) atoms. The summed E-state index contributed by atoms with van der Waals surface area (Å²) in [5, 5.41) is 17.6. The third-order valence-electron chi connectivity index (χ3n) is 1.78. The smallest absolute Gasteiger partial charge is 0.336 e. The van der Waals surface area contributed by atoms with Gasteiger partial charge in [-0.25, -0.2) is 4.79 Å². The van der Waals surface area contributed by atoms with Crippen LogP contribution in [0.2, 0.25) is 0 Å². The molecule has 0 spiro atoms. The molecule has 0 aliphatic rings. The first-order valence-electron chi connectivity index (χ1n) is 3.59. The summed E-state index contributed by atoms with van der Waals surface area (Å²) in [5.74, 6) is -1.13. The molecule has 0 heterocycles. The maximum absolute atomic E-state index is 10.6. The molecule has 0 aliphatic heterocycles. The molecule has 0 saturated carbocycles. The van der Waals surface area contributed by atoms with E-state index < -0.39 is 12.6 Å². The van der Waals surface area contributed by atoms with Crippen molar-refractivity contribution in [2.24, 2.45) is 0 Å². The third-order valence-corrected chi connectivity index (χ3v) is 1.78. The molecule has 0 aromatic heterocycles. The molecule has 0 unspecified atom stereocenters. The Labute approximate surface area is 74.6 Å². The summed E-state index contributed by atoms with van der Waals surface area (Å²) in [6.45, 7) is -0.432. The summed E-state index contributed by atoms with van der Waals surface area (Å²) in [6.07, 6.45) is 0. The molecule has 1 rings (SSSR count). The molecule has 0 atom stereocenters. The molecule has 5 heteroatoms. The predicted octanol–water partition coefficient (Wildman–Crippen LogP) is 0.0415. The van der Waals surface area contributed by atoms with Crippen LogP contribution < -0.4 is 11.5 Å². The lowest BCUT2D eigenvalue weighted by Crippen LogP contribution is -2.08. The Bertz CT molecular complexity index is 349. The molecular weight excluding hydrogens is 172 g/mol. The topological polar surface area (TPSA) is 110 Å². The summed E-state index contributed by atoms with van der Waals surface area (Å²) in [4.78, 5) is 10.6. The number of aliphatic hydroxyl groups excluding tert-OH is 1. The summed E-state index contributed by atoms with van der Waals surface area (Å²) < 4.78 is 0. The minimum Gasteiger partial charge on any atom is -0.478 e. The van der Waals surface area contributed by atoms with Crippen LogP contribution in [-0.4, -0.2) is 16.2 Å². The molecule has 0 radical (unpaired) electrons. The Kier molecular flexibility index (Phi) is 2.39. The van der Waals surface area contributed by atoms with E-state index in [-0.39, 0.29) is 22.5 Å². The van der Waals surface area contributed by atoms with Crippen molar-refractivity contribution in [3.05, 3.63) is 23.3 Å². The van der Waals surface area contributed by atoms with E-state index in [0.717, 1.165) is 0 Å². The van der Waals surface area contributed by atoms with Crippen LogP contribution in [0.1, 0.15) is 15.9 Å². The monoisotopic (exact) mass is 182 g/mol. The van der Waals surface area contributed by atoms with E-state index in [1.165, 1.54) is 12.1 Å². The van der Waals surface area contributed by atoms with Crippen molar-refractivity contribution in [2.75, 3.05) is 11.5 Å². The lowest BCUT2D eigenvalue weighted by Gasteiger charge is -2.08. The molecule has 1 aromatic carbocycles. The van der Waals surface area contributed by atoms with Crippen molar-refractivity contribution in [1.29, 1.82) is 0 Å². The van der Waals surface area contributed by atoms with Gasteiger partial charge < -0.3 is 21.7 Å². The fraction of sp³-hybridized carbons (Fsp3) is 0.125. The molecule has 0 aliphatic carbocycles. The molecule has 0 fully saturated rings. The Morgan fingerprint density at radius 2 is 2.00 bits per heavy atom. The number of hydrogen-bond donors (Lipinski definition) is 4. The van der Waals surface area contributed by atoms with E-state index in [4.69, 9.17) is 21.7 Å². The minimum absolute atomic E-state index is 0.0193. The van der Waals surface area contributed by atoms with Crippen LogP contribution in [0.5, 0.6) is 0 Å². The number of aliphatic hydroxyl groups is 1. The van der Waals surface area contributed by atoms with Crippen molar-refractivity contribution in [3.63, 3.8) is 0 Å². The Balaban J connectivity index is 3.38. The summed E-state index contributed by atoms with van der Waals surface area (Å²) in [6, 6.07) is 2.72. The van der Waals surface area contributed by atoms with E-state index in [1.54, 1.807) is 0 Å². The van der Waals surface area contributed by atoms with Gasteiger partial charge in [-0.1, -0.05) is 0 Å². The van der Waals surface area contributed by atoms with Gasteiger partial charge in [0, 0.05) is 5.56 Å². The summed E-state index contributed by atoms with van der Waals surface area (Å²) in [5.41, 5.74) is 11.5. The van der Waals surface area contributed by atoms with E-state index >= 15 is 0 Å². The average Bonchev–Trinajstić information content (AvgIpc) is 2.09.